The van der Waals surface area contributed by atoms with Crippen LogP contribution in [0.15, 0.2) is 28.6 Å². The number of amides is 2. The Morgan fingerprint density at radius 1 is 1.10 bits per heavy atom. The summed E-state index contributed by atoms with van der Waals surface area (Å²) in [4.78, 5) is 28.2. The maximum atomic E-state index is 12.8. The molecule has 156 valence electrons. The van der Waals surface area contributed by atoms with Gasteiger partial charge in [0.15, 0.2) is 4.34 Å². The van der Waals surface area contributed by atoms with Crippen LogP contribution < -0.4 is 10.2 Å². The molecule has 1 N–H and O–H groups in total. The Morgan fingerprint density at radius 3 is 2.34 bits per heavy atom. The molecular weight excluding hydrogens is 406 g/mol. The van der Waals surface area contributed by atoms with E-state index in [0.717, 1.165) is 28.1 Å². The summed E-state index contributed by atoms with van der Waals surface area (Å²) in [7, 11) is 1.62. The highest BCUT2D eigenvalue weighted by Gasteiger charge is 2.24. The third-order valence-corrected chi connectivity index (χ3v) is 6.95. The number of benzene rings is 1. The molecule has 1 aromatic heterocycles. The number of hydrogen-bond donors (Lipinski definition) is 1. The minimum absolute atomic E-state index is 0.0330. The van der Waals surface area contributed by atoms with E-state index >= 15 is 0 Å². The molecule has 1 fully saturated rings. The Bertz CT molecular complexity index is 853. The zero-order valence-corrected chi connectivity index (χ0v) is 18.9. The Kier molecular flexibility index (Phi) is 6.79. The number of carbonyl (C=O) groups is 2. The fourth-order valence-corrected chi connectivity index (χ4v) is 4.75. The first-order valence-electron chi connectivity index (χ1n) is 9.59. The van der Waals surface area contributed by atoms with Gasteiger partial charge in [-0.15, -0.1) is 10.2 Å². The van der Waals surface area contributed by atoms with Gasteiger partial charge in [0.05, 0.1) is 5.75 Å². The molecule has 29 heavy (non-hydrogen) atoms. The van der Waals surface area contributed by atoms with Gasteiger partial charge < -0.3 is 15.1 Å². The number of aromatic nitrogens is 2. The summed E-state index contributed by atoms with van der Waals surface area (Å²) in [5.74, 6) is 0.375. The largest absolute Gasteiger partial charge is 0.358 e. The smallest absolute Gasteiger partial charge is 0.253 e. The highest BCUT2D eigenvalue weighted by molar-refractivity contribution is 8.01. The Hall–Kier alpha value is -2.13. The van der Waals surface area contributed by atoms with Crippen LogP contribution in [0.3, 0.4) is 0 Å². The van der Waals surface area contributed by atoms with Crippen molar-refractivity contribution in [2.24, 2.45) is 0 Å². The molecule has 0 unspecified atom stereocenters. The number of carbonyl (C=O) groups excluding carboxylic acids is 2. The first-order valence-corrected chi connectivity index (χ1v) is 11.4. The predicted octanol–water partition coefficient (Wildman–Crippen LogP) is 2.64. The molecule has 0 atom stereocenters. The molecule has 0 radical (unpaired) electrons. The molecule has 0 spiro atoms. The summed E-state index contributed by atoms with van der Waals surface area (Å²) in [5, 5.41) is 11.8. The molecule has 2 heterocycles. The quantitative estimate of drug-likeness (QED) is 0.731. The van der Waals surface area contributed by atoms with Crippen molar-refractivity contribution in [2.45, 2.75) is 30.5 Å². The third kappa shape index (κ3) is 5.48. The maximum Gasteiger partial charge on any atom is 0.253 e. The predicted molar refractivity (Wildman–Crippen MR) is 118 cm³/mol. The zero-order chi connectivity index (χ0) is 21.0. The number of piperazine rings is 1. The van der Waals surface area contributed by atoms with Crippen LogP contribution >= 0.6 is 23.1 Å². The van der Waals surface area contributed by atoms with E-state index in [0.29, 0.717) is 18.8 Å². The molecule has 3 rings (SSSR count). The number of nitrogens with one attached hydrogen (secondary N) is 1. The van der Waals surface area contributed by atoms with Crippen LogP contribution in [0.4, 0.5) is 5.13 Å². The average molecular weight is 434 g/mol. The SMILES string of the molecule is CNC(=O)CSc1nnc(N2CCN(C(=O)c3ccc(C(C)(C)C)cc3)CC2)s1. The molecule has 9 heteroatoms. The molecule has 1 saturated heterocycles. The topological polar surface area (TPSA) is 78.4 Å². The molecule has 0 bridgehead atoms. The second-order valence-corrected chi connectivity index (χ2v) is 10.1. The summed E-state index contributed by atoms with van der Waals surface area (Å²) in [6.45, 7) is 9.25. The standard InChI is InChI=1S/C20H27N5O2S2/c1-20(2,3)15-7-5-14(6-8-15)17(27)24-9-11-25(12-10-24)18-22-23-19(29-18)28-13-16(26)21-4/h5-8H,9-13H2,1-4H3,(H,21,26). The summed E-state index contributed by atoms with van der Waals surface area (Å²) < 4.78 is 0.779. The van der Waals surface area contributed by atoms with Crippen LogP contribution in [-0.4, -0.2) is 65.9 Å². The molecule has 0 saturated carbocycles. The highest BCUT2D eigenvalue weighted by atomic mass is 32.2. The molecule has 7 nitrogen and oxygen atoms in total. The summed E-state index contributed by atoms with van der Waals surface area (Å²) >= 11 is 2.87. The molecule has 2 amide bonds. The van der Waals surface area contributed by atoms with Crippen molar-refractivity contribution < 1.29 is 9.59 Å². The van der Waals surface area contributed by atoms with Gasteiger partial charge in [-0.3, -0.25) is 9.59 Å². The van der Waals surface area contributed by atoms with Crippen LogP contribution in [-0.2, 0) is 10.2 Å². The number of anilines is 1. The van der Waals surface area contributed by atoms with E-state index in [-0.39, 0.29) is 17.2 Å². The van der Waals surface area contributed by atoms with Gasteiger partial charge in [-0.2, -0.15) is 0 Å². The lowest BCUT2D eigenvalue weighted by molar-refractivity contribution is -0.118. The number of thioether (sulfide) groups is 1. The fraction of sp³-hybridized carbons (Fsp3) is 0.500. The highest BCUT2D eigenvalue weighted by Crippen LogP contribution is 2.29. The first kappa shape index (κ1) is 21.6. The number of rotatable bonds is 5. The Morgan fingerprint density at radius 2 is 1.76 bits per heavy atom. The van der Waals surface area contributed by atoms with Crippen molar-refractivity contribution in [2.75, 3.05) is 43.9 Å². The van der Waals surface area contributed by atoms with Crippen LogP contribution in [0.2, 0.25) is 0 Å². The molecule has 1 aliphatic heterocycles. The second kappa shape index (κ2) is 9.13. The van der Waals surface area contributed by atoms with Crippen molar-refractivity contribution in [1.29, 1.82) is 0 Å². The number of hydrogen-bond acceptors (Lipinski definition) is 7. The molecule has 0 aliphatic carbocycles. The van der Waals surface area contributed by atoms with E-state index in [4.69, 9.17) is 0 Å². The van der Waals surface area contributed by atoms with E-state index < -0.39 is 0 Å². The van der Waals surface area contributed by atoms with Gasteiger partial charge in [-0.05, 0) is 23.1 Å². The first-order chi connectivity index (χ1) is 13.8. The van der Waals surface area contributed by atoms with Gasteiger partial charge in [0, 0.05) is 38.8 Å². The van der Waals surface area contributed by atoms with Crippen LogP contribution in [0.25, 0.3) is 0 Å². The molecule has 1 aromatic carbocycles. The van der Waals surface area contributed by atoms with Crippen LogP contribution in [0.1, 0.15) is 36.7 Å². The van der Waals surface area contributed by atoms with Gasteiger partial charge in [0.25, 0.3) is 5.91 Å². The van der Waals surface area contributed by atoms with Crippen molar-refractivity contribution in [3.8, 4) is 0 Å². The second-order valence-electron chi connectivity index (χ2n) is 7.92. The lowest BCUT2D eigenvalue weighted by atomic mass is 9.86. The van der Waals surface area contributed by atoms with E-state index in [1.165, 1.54) is 28.7 Å². The lowest BCUT2D eigenvalue weighted by Gasteiger charge is -2.34. The van der Waals surface area contributed by atoms with Gasteiger partial charge in [0.2, 0.25) is 11.0 Å². The minimum Gasteiger partial charge on any atom is -0.358 e. The van der Waals surface area contributed by atoms with Gasteiger partial charge >= 0.3 is 0 Å². The Labute approximate surface area is 179 Å². The van der Waals surface area contributed by atoms with Gasteiger partial charge in [-0.1, -0.05) is 56.0 Å². The van der Waals surface area contributed by atoms with E-state index in [9.17, 15) is 9.59 Å². The summed E-state index contributed by atoms with van der Waals surface area (Å²) in [6.07, 6.45) is 0. The van der Waals surface area contributed by atoms with Crippen molar-refractivity contribution >= 4 is 40.0 Å². The molecule has 1 aliphatic rings. The average Bonchev–Trinajstić information content (AvgIpc) is 3.20. The van der Waals surface area contributed by atoms with E-state index in [2.05, 4.69) is 41.2 Å². The fourth-order valence-electron chi connectivity index (χ4n) is 2.98. The van der Waals surface area contributed by atoms with E-state index in [1.54, 1.807) is 7.05 Å². The third-order valence-electron chi connectivity index (χ3n) is 4.84. The van der Waals surface area contributed by atoms with E-state index in [1.807, 2.05) is 29.2 Å². The zero-order valence-electron chi connectivity index (χ0n) is 17.3. The maximum absolute atomic E-state index is 12.8. The monoisotopic (exact) mass is 433 g/mol. The van der Waals surface area contributed by atoms with Crippen molar-refractivity contribution in [3.63, 3.8) is 0 Å². The van der Waals surface area contributed by atoms with Crippen LogP contribution in [0, 0.1) is 0 Å². The number of nitrogens with zero attached hydrogens (tertiary/aromatic N) is 4. The Balaban J connectivity index is 1.54. The molecular formula is C20H27N5O2S2. The van der Waals surface area contributed by atoms with Gasteiger partial charge in [-0.25, -0.2) is 0 Å². The minimum atomic E-state index is -0.0330. The van der Waals surface area contributed by atoms with Crippen molar-refractivity contribution in [3.05, 3.63) is 35.4 Å². The normalized spacial score (nSPS) is 14.8. The molecule has 2 aromatic rings. The van der Waals surface area contributed by atoms with Crippen LogP contribution in [0.5, 0.6) is 0 Å². The van der Waals surface area contributed by atoms with Gasteiger partial charge in [0.1, 0.15) is 0 Å². The summed E-state index contributed by atoms with van der Waals surface area (Å²) in [5.41, 5.74) is 2.03. The summed E-state index contributed by atoms with van der Waals surface area (Å²) in [6, 6.07) is 7.94. The van der Waals surface area contributed by atoms with Crippen molar-refractivity contribution in [1.82, 2.24) is 20.4 Å². The lowest BCUT2D eigenvalue weighted by Crippen LogP contribution is -2.48.